The van der Waals surface area contributed by atoms with E-state index in [-0.39, 0.29) is 0 Å². The van der Waals surface area contributed by atoms with Gasteiger partial charge in [-0.05, 0) is 0 Å². The first-order valence-electron chi connectivity index (χ1n) is 7.72. The van der Waals surface area contributed by atoms with E-state index in [9.17, 15) is 44.8 Å². The molecule has 10 N–H and O–H groups in total. The van der Waals surface area contributed by atoms with Crippen molar-refractivity contribution in [2.75, 3.05) is 6.61 Å². The Morgan fingerprint density at radius 3 is 1.93 bits per heavy atom. The van der Waals surface area contributed by atoms with Crippen LogP contribution >= 0.6 is 7.82 Å². The van der Waals surface area contributed by atoms with E-state index in [1.165, 1.54) is 0 Å². The summed E-state index contributed by atoms with van der Waals surface area (Å²) in [6, 6.07) is 0. The van der Waals surface area contributed by atoms with Crippen LogP contribution in [0.25, 0.3) is 0 Å². The molecular formula is C12H21O16P. The molecule has 1 aliphatic rings. The summed E-state index contributed by atoms with van der Waals surface area (Å²) in [6.07, 6.45) is -20.3. The van der Waals surface area contributed by atoms with Crippen molar-refractivity contribution >= 4 is 19.8 Å². The number of hydrogen-bond acceptors (Lipinski definition) is 13. The Kier molecular flexibility index (Phi) is 9.03. The predicted octanol–water partition coefficient (Wildman–Crippen LogP) is -6.03. The third-order valence-electron chi connectivity index (χ3n) is 3.80. The molecule has 1 heterocycles. The first-order valence-corrected chi connectivity index (χ1v) is 9.25. The molecule has 0 aromatic rings. The highest BCUT2D eigenvalue weighted by atomic mass is 31.2. The van der Waals surface area contributed by atoms with E-state index in [0.29, 0.717) is 0 Å². The van der Waals surface area contributed by atoms with Crippen molar-refractivity contribution in [1.29, 1.82) is 0 Å². The van der Waals surface area contributed by atoms with Gasteiger partial charge in [0.25, 0.3) is 0 Å². The Balaban J connectivity index is 2.81. The van der Waals surface area contributed by atoms with Crippen LogP contribution in [0, 0.1) is 0 Å². The molecule has 0 aromatic heterocycles. The Labute approximate surface area is 161 Å². The van der Waals surface area contributed by atoms with Crippen molar-refractivity contribution in [2.45, 2.75) is 55.1 Å². The van der Waals surface area contributed by atoms with Crippen molar-refractivity contribution < 1.29 is 78.8 Å². The number of aliphatic hydroxyl groups is 7. The number of phosphoric ester groups is 1. The minimum Gasteiger partial charge on any atom is -0.479 e. The average Bonchev–Trinajstić information content (AvgIpc) is 2.63. The zero-order valence-corrected chi connectivity index (χ0v) is 15.2. The second kappa shape index (κ2) is 10.2. The molecule has 0 unspecified atom stereocenters. The topological polar surface area (TPSA) is 281 Å². The number of carbonyl (C=O) groups is 2. The SMILES string of the molecule is O=C(O)[C@@H](O)[C@@H](O)[C@H](O)[C@@H](O)C(=O)O[C@H]1O[C@H](COP(=O)(O)O)[C@@H](O)[C@H](O)[C@H]1O. The Morgan fingerprint density at radius 1 is 0.931 bits per heavy atom. The van der Waals surface area contributed by atoms with Gasteiger partial charge in [0.2, 0.25) is 6.29 Å². The minimum absolute atomic E-state index is 1.02. The van der Waals surface area contributed by atoms with Gasteiger partial charge in [-0.15, -0.1) is 0 Å². The lowest BCUT2D eigenvalue weighted by atomic mass is 9.99. The fourth-order valence-corrected chi connectivity index (χ4v) is 2.51. The highest BCUT2D eigenvalue weighted by molar-refractivity contribution is 7.46. The lowest BCUT2D eigenvalue weighted by Crippen LogP contribution is -2.60. The first-order chi connectivity index (χ1) is 13.2. The van der Waals surface area contributed by atoms with E-state index in [2.05, 4.69) is 9.26 Å². The van der Waals surface area contributed by atoms with E-state index in [1.54, 1.807) is 0 Å². The van der Waals surface area contributed by atoms with Gasteiger partial charge in [0.05, 0.1) is 6.61 Å². The summed E-state index contributed by atoms with van der Waals surface area (Å²) in [5.74, 6) is -3.79. The Morgan fingerprint density at radius 2 is 1.45 bits per heavy atom. The molecule has 9 atom stereocenters. The van der Waals surface area contributed by atoms with Gasteiger partial charge >= 0.3 is 19.8 Å². The molecule has 1 fully saturated rings. The second-order valence-corrected chi connectivity index (χ2v) is 7.19. The molecule has 0 amide bonds. The number of esters is 1. The van der Waals surface area contributed by atoms with E-state index >= 15 is 0 Å². The number of aliphatic carboxylic acids is 1. The summed E-state index contributed by atoms with van der Waals surface area (Å²) in [7, 11) is -5.01. The molecule has 1 saturated heterocycles. The zero-order chi connectivity index (χ0) is 22.7. The smallest absolute Gasteiger partial charge is 0.469 e. The van der Waals surface area contributed by atoms with Crippen LogP contribution in [-0.2, 0) is 28.2 Å². The lowest BCUT2D eigenvalue weighted by molar-refractivity contribution is -0.295. The van der Waals surface area contributed by atoms with Gasteiger partial charge in [-0.25, -0.2) is 14.2 Å². The maximum Gasteiger partial charge on any atom is 0.469 e. The van der Waals surface area contributed by atoms with E-state index in [0.717, 1.165) is 0 Å². The van der Waals surface area contributed by atoms with Crippen molar-refractivity contribution in [3.8, 4) is 0 Å². The van der Waals surface area contributed by atoms with Crippen LogP contribution in [0.3, 0.4) is 0 Å². The maximum atomic E-state index is 11.8. The minimum atomic E-state index is -5.01. The molecule has 0 saturated carbocycles. The summed E-state index contributed by atoms with van der Waals surface area (Å²) in [4.78, 5) is 39.7. The van der Waals surface area contributed by atoms with Gasteiger partial charge in [-0.2, -0.15) is 0 Å². The van der Waals surface area contributed by atoms with Gasteiger partial charge in [-0.3, -0.25) is 4.52 Å². The van der Waals surface area contributed by atoms with Crippen LogP contribution in [0.15, 0.2) is 0 Å². The van der Waals surface area contributed by atoms with E-state index in [4.69, 9.17) is 24.7 Å². The highest BCUT2D eigenvalue weighted by Crippen LogP contribution is 2.37. The van der Waals surface area contributed by atoms with Crippen LogP contribution in [0.5, 0.6) is 0 Å². The standard InChI is InChI=1S/C12H21O16P/c13-3-2(1-26-29(23,24)25)27-12(9(19)4(3)14)28-11(22)8(18)6(16)5(15)7(17)10(20)21/h2-9,12-19H,1H2,(H,20,21)(H2,23,24,25)/t2-,3-,4+,5+,6+,7+,8-,9-,12-/m1/s1. The van der Waals surface area contributed by atoms with Crippen molar-refractivity contribution in [3.05, 3.63) is 0 Å². The van der Waals surface area contributed by atoms with Crippen LogP contribution in [0.2, 0.25) is 0 Å². The second-order valence-electron chi connectivity index (χ2n) is 5.95. The summed E-state index contributed by atoms with van der Waals surface area (Å²) >= 11 is 0. The molecule has 0 radical (unpaired) electrons. The fourth-order valence-electron chi connectivity index (χ4n) is 2.17. The molecule has 1 aliphatic heterocycles. The van der Waals surface area contributed by atoms with Gasteiger partial charge in [0.15, 0.2) is 12.2 Å². The molecule has 17 heteroatoms. The number of rotatable bonds is 9. The largest absolute Gasteiger partial charge is 0.479 e. The summed E-state index contributed by atoms with van der Waals surface area (Å²) in [5, 5.41) is 75.5. The number of carboxylic acids is 1. The first kappa shape index (κ1) is 25.8. The number of phosphoric acid groups is 1. The number of hydrogen-bond donors (Lipinski definition) is 10. The predicted molar refractivity (Wildman–Crippen MR) is 82.4 cm³/mol. The Hall–Kier alpha value is -1.27. The summed E-state index contributed by atoms with van der Waals surface area (Å²) in [5.41, 5.74) is 0. The molecule has 0 bridgehead atoms. The molecule has 0 aliphatic carbocycles. The number of carboxylic acid groups (broad SMARTS) is 1. The molecule has 1 rings (SSSR count). The fraction of sp³-hybridized carbons (Fsp3) is 0.833. The third kappa shape index (κ3) is 6.88. The lowest BCUT2D eigenvalue weighted by Gasteiger charge is -2.40. The van der Waals surface area contributed by atoms with Gasteiger partial charge in [-0.1, -0.05) is 0 Å². The van der Waals surface area contributed by atoms with Gasteiger partial charge < -0.3 is 60.1 Å². The van der Waals surface area contributed by atoms with Crippen LogP contribution in [0.1, 0.15) is 0 Å². The zero-order valence-electron chi connectivity index (χ0n) is 14.3. The molecule has 170 valence electrons. The molecule has 29 heavy (non-hydrogen) atoms. The highest BCUT2D eigenvalue weighted by Gasteiger charge is 2.47. The van der Waals surface area contributed by atoms with E-state index < -0.39 is 81.5 Å². The van der Waals surface area contributed by atoms with Crippen LogP contribution < -0.4 is 0 Å². The average molecular weight is 452 g/mol. The maximum absolute atomic E-state index is 11.8. The number of ether oxygens (including phenoxy) is 2. The molecule has 0 spiro atoms. The molecule has 16 nitrogen and oxygen atoms in total. The van der Waals surface area contributed by atoms with Crippen molar-refractivity contribution in [3.63, 3.8) is 0 Å². The van der Waals surface area contributed by atoms with Crippen LogP contribution in [0.4, 0.5) is 0 Å². The Bertz CT molecular complexity index is 621. The summed E-state index contributed by atoms with van der Waals surface area (Å²) in [6.45, 7) is -1.02. The normalized spacial score (nSPS) is 32.1. The molecular weight excluding hydrogens is 431 g/mol. The third-order valence-corrected chi connectivity index (χ3v) is 4.28. The van der Waals surface area contributed by atoms with E-state index in [1.807, 2.05) is 0 Å². The summed E-state index contributed by atoms with van der Waals surface area (Å²) < 4.78 is 24.1. The number of carbonyl (C=O) groups excluding carboxylic acids is 1. The van der Waals surface area contributed by atoms with Crippen LogP contribution in [-0.4, -0.2) is 124 Å². The molecule has 0 aromatic carbocycles. The quantitative estimate of drug-likeness (QED) is 0.115. The monoisotopic (exact) mass is 452 g/mol. The van der Waals surface area contributed by atoms with Crippen molar-refractivity contribution in [1.82, 2.24) is 0 Å². The number of aliphatic hydroxyl groups excluding tert-OH is 7. The van der Waals surface area contributed by atoms with Gasteiger partial charge in [0, 0.05) is 0 Å². The van der Waals surface area contributed by atoms with Crippen molar-refractivity contribution in [2.24, 2.45) is 0 Å². The van der Waals surface area contributed by atoms with Gasteiger partial charge in [0.1, 0.15) is 36.6 Å².